The fourth-order valence-electron chi connectivity index (χ4n) is 1.91. The number of hydrogen-bond donors (Lipinski definition) is 3. The van der Waals surface area contributed by atoms with Gasteiger partial charge < -0.3 is 16.4 Å². The summed E-state index contributed by atoms with van der Waals surface area (Å²) in [5.74, 6) is -0.0611. The summed E-state index contributed by atoms with van der Waals surface area (Å²) in [5, 5.41) is 6.19. The third-order valence-electron chi connectivity index (χ3n) is 3.03. The second-order valence-electron chi connectivity index (χ2n) is 5.07. The highest BCUT2D eigenvalue weighted by atomic mass is 35.5. The first-order chi connectivity index (χ1) is 9.06. The van der Waals surface area contributed by atoms with Crippen LogP contribution in [0.4, 0.5) is 5.69 Å². The van der Waals surface area contributed by atoms with Gasteiger partial charge in [0.25, 0.3) is 0 Å². The molecule has 0 heterocycles. The molecule has 20 heavy (non-hydrogen) atoms. The van der Waals surface area contributed by atoms with E-state index in [0.717, 1.165) is 25.1 Å². The molecule has 1 rings (SSSR count). The maximum absolute atomic E-state index is 11.8. The van der Waals surface area contributed by atoms with E-state index in [1.54, 1.807) is 6.92 Å². The summed E-state index contributed by atoms with van der Waals surface area (Å²) in [6, 6.07) is 10.0. The van der Waals surface area contributed by atoms with Gasteiger partial charge in [0.15, 0.2) is 0 Å². The van der Waals surface area contributed by atoms with Crippen LogP contribution in [0.15, 0.2) is 30.3 Å². The molecule has 0 saturated heterocycles. The lowest BCUT2D eigenvalue weighted by atomic mass is 9.96. The van der Waals surface area contributed by atoms with Crippen LogP contribution in [0.1, 0.15) is 33.1 Å². The van der Waals surface area contributed by atoms with Gasteiger partial charge in [-0.3, -0.25) is 4.79 Å². The van der Waals surface area contributed by atoms with Crippen LogP contribution in [0.25, 0.3) is 0 Å². The van der Waals surface area contributed by atoms with Crippen LogP contribution in [0.5, 0.6) is 0 Å². The molecule has 114 valence electrons. The molecule has 0 aromatic heterocycles. The monoisotopic (exact) mass is 299 g/mol. The fourth-order valence-corrected chi connectivity index (χ4v) is 1.91. The zero-order valence-corrected chi connectivity index (χ0v) is 13.1. The number of amides is 1. The molecule has 5 heteroatoms. The minimum Gasteiger partial charge on any atom is -0.385 e. The zero-order valence-electron chi connectivity index (χ0n) is 12.3. The molecule has 0 bridgehead atoms. The van der Waals surface area contributed by atoms with Gasteiger partial charge in [0, 0.05) is 18.8 Å². The maximum Gasteiger partial charge on any atom is 0.239 e. The van der Waals surface area contributed by atoms with Gasteiger partial charge in [-0.2, -0.15) is 0 Å². The van der Waals surface area contributed by atoms with Crippen molar-refractivity contribution in [2.75, 3.05) is 18.4 Å². The van der Waals surface area contributed by atoms with Crippen LogP contribution in [-0.4, -0.2) is 24.5 Å². The third-order valence-corrected chi connectivity index (χ3v) is 3.03. The van der Waals surface area contributed by atoms with Crippen LogP contribution in [-0.2, 0) is 4.79 Å². The molecule has 0 fully saturated rings. The van der Waals surface area contributed by atoms with Crippen molar-refractivity contribution in [3.8, 4) is 0 Å². The summed E-state index contributed by atoms with van der Waals surface area (Å²) >= 11 is 0. The smallest absolute Gasteiger partial charge is 0.239 e. The van der Waals surface area contributed by atoms with E-state index in [4.69, 9.17) is 5.73 Å². The van der Waals surface area contributed by atoms with Gasteiger partial charge in [-0.15, -0.1) is 12.4 Å². The third kappa shape index (κ3) is 6.78. The topological polar surface area (TPSA) is 67.2 Å². The highest BCUT2D eigenvalue weighted by molar-refractivity contribution is 5.85. The van der Waals surface area contributed by atoms with Crippen molar-refractivity contribution in [1.29, 1.82) is 0 Å². The molecule has 1 aromatic rings. The summed E-state index contributed by atoms with van der Waals surface area (Å²) < 4.78 is 0. The Balaban J connectivity index is 0.00000361. The summed E-state index contributed by atoms with van der Waals surface area (Å²) in [7, 11) is 0. The number of carbonyl (C=O) groups excluding carboxylic acids is 1. The largest absolute Gasteiger partial charge is 0.385 e. The van der Waals surface area contributed by atoms with Crippen molar-refractivity contribution < 1.29 is 4.79 Å². The van der Waals surface area contributed by atoms with E-state index in [9.17, 15) is 4.79 Å². The Hall–Kier alpha value is -1.26. The van der Waals surface area contributed by atoms with Crippen molar-refractivity contribution in [3.05, 3.63) is 30.3 Å². The van der Waals surface area contributed by atoms with E-state index in [1.165, 1.54) is 0 Å². The minimum atomic E-state index is -0.748. The predicted octanol–water partition coefficient (Wildman–Crippen LogP) is 2.54. The van der Waals surface area contributed by atoms with E-state index in [1.807, 2.05) is 37.3 Å². The van der Waals surface area contributed by atoms with Crippen LogP contribution in [0, 0.1) is 0 Å². The molecule has 4 N–H and O–H groups in total. The second-order valence-corrected chi connectivity index (χ2v) is 5.07. The van der Waals surface area contributed by atoms with E-state index in [-0.39, 0.29) is 18.3 Å². The first-order valence-electron chi connectivity index (χ1n) is 6.92. The fraction of sp³-hybridized carbons (Fsp3) is 0.533. The summed E-state index contributed by atoms with van der Waals surface area (Å²) in [6.45, 7) is 5.30. The number of rotatable bonds is 8. The molecule has 0 saturated carbocycles. The maximum atomic E-state index is 11.8. The molecule has 0 aliphatic heterocycles. The van der Waals surface area contributed by atoms with Gasteiger partial charge in [0.05, 0.1) is 5.54 Å². The first kappa shape index (κ1) is 18.7. The Kier molecular flexibility index (Phi) is 9.01. The van der Waals surface area contributed by atoms with Gasteiger partial charge in [-0.25, -0.2) is 0 Å². The van der Waals surface area contributed by atoms with Crippen molar-refractivity contribution in [3.63, 3.8) is 0 Å². The Morgan fingerprint density at radius 2 is 1.90 bits per heavy atom. The lowest BCUT2D eigenvalue weighted by Gasteiger charge is -2.22. The number of carbonyl (C=O) groups is 1. The van der Waals surface area contributed by atoms with Crippen LogP contribution in [0.2, 0.25) is 0 Å². The Morgan fingerprint density at radius 1 is 1.25 bits per heavy atom. The van der Waals surface area contributed by atoms with Crippen molar-refractivity contribution in [2.24, 2.45) is 5.73 Å². The lowest BCUT2D eigenvalue weighted by Crippen LogP contribution is -2.51. The highest BCUT2D eigenvalue weighted by Gasteiger charge is 2.26. The molecule has 0 radical (unpaired) electrons. The van der Waals surface area contributed by atoms with Gasteiger partial charge in [-0.1, -0.05) is 31.5 Å². The molecule has 1 atom stereocenters. The molecule has 0 spiro atoms. The quantitative estimate of drug-likeness (QED) is 0.646. The van der Waals surface area contributed by atoms with Gasteiger partial charge in [-0.05, 0) is 31.9 Å². The van der Waals surface area contributed by atoms with E-state index < -0.39 is 5.54 Å². The zero-order chi connectivity index (χ0) is 14.1. The molecule has 1 unspecified atom stereocenters. The number of halogens is 1. The second kappa shape index (κ2) is 9.61. The number of nitrogens with one attached hydrogen (secondary N) is 2. The average molecular weight is 300 g/mol. The van der Waals surface area contributed by atoms with E-state index in [2.05, 4.69) is 10.6 Å². The van der Waals surface area contributed by atoms with E-state index in [0.29, 0.717) is 13.0 Å². The Labute approximate surface area is 127 Å². The average Bonchev–Trinajstić information content (AvgIpc) is 2.39. The highest BCUT2D eigenvalue weighted by Crippen LogP contribution is 2.08. The predicted molar refractivity (Wildman–Crippen MR) is 87.3 cm³/mol. The SMILES string of the molecule is CCCC(C)(N)C(=O)NCCCNc1ccccc1.Cl. The van der Waals surface area contributed by atoms with Gasteiger partial charge in [0.2, 0.25) is 5.91 Å². The molecular weight excluding hydrogens is 274 g/mol. The number of para-hydroxylation sites is 1. The molecule has 1 aromatic carbocycles. The Bertz CT molecular complexity index is 382. The Morgan fingerprint density at radius 3 is 2.50 bits per heavy atom. The van der Waals surface area contributed by atoms with Crippen LogP contribution in [0.3, 0.4) is 0 Å². The number of benzene rings is 1. The first-order valence-corrected chi connectivity index (χ1v) is 6.92. The number of nitrogens with two attached hydrogens (primary N) is 1. The summed E-state index contributed by atoms with van der Waals surface area (Å²) in [5.41, 5.74) is 6.30. The standard InChI is InChI=1S/C15H25N3O.ClH/c1-3-10-15(2,16)14(19)18-12-7-11-17-13-8-5-4-6-9-13;/h4-6,8-9,17H,3,7,10-12,16H2,1-2H3,(H,18,19);1H. The lowest BCUT2D eigenvalue weighted by molar-refractivity contribution is -0.126. The normalized spacial score (nSPS) is 12.9. The van der Waals surface area contributed by atoms with Crippen LogP contribution >= 0.6 is 12.4 Å². The number of anilines is 1. The van der Waals surface area contributed by atoms with Crippen molar-refractivity contribution >= 4 is 24.0 Å². The van der Waals surface area contributed by atoms with Gasteiger partial charge in [0.1, 0.15) is 0 Å². The molecule has 0 aliphatic rings. The summed E-state index contributed by atoms with van der Waals surface area (Å²) in [6.07, 6.45) is 2.50. The molecule has 0 aliphatic carbocycles. The van der Waals surface area contributed by atoms with Gasteiger partial charge >= 0.3 is 0 Å². The summed E-state index contributed by atoms with van der Waals surface area (Å²) in [4.78, 5) is 11.8. The molecular formula is C15H26ClN3O. The van der Waals surface area contributed by atoms with Crippen LogP contribution < -0.4 is 16.4 Å². The molecule has 1 amide bonds. The molecule has 4 nitrogen and oxygen atoms in total. The minimum absolute atomic E-state index is 0. The number of hydrogen-bond acceptors (Lipinski definition) is 3. The van der Waals surface area contributed by atoms with Crippen molar-refractivity contribution in [1.82, 2.24) is 5.32 Å². The van der Waals surface area contributed by atoms with Crippen molar-refractivity contribution in [2.45, 2.75) is 38.6 Å². The van der Waals surface area contributed by atoms with E-state index >= 15 is 0 Å².